The fourth-order valence-electron chi connectivity index (χ4n) is 4.27. The van der Waals surface area contributed by atoms with Crippen LogP contribution >= 0.6 is 0 Å². The summed E-state index contributed by atoms with van der Waals surface area (Å²) in [4.78, 5) is 49.1. The molecule has 1 amide bonds. The van der Waals surface area contributed by atoms with Gasteiger partial charge < -0.3 is 14.6 Å². The minimum atomic E-state index is -0.957. The first-order chi connectivity index (χ1) is 16.3. The Labute approximate surface area is 196 Å². The van der Waals surface area contributed by atoms with E-state index in [2.05, 4.69) is 21.8 Å². The second-order valence-electron chi connectivity index (χ2n) is 8.56. The van der Waals surface area contributed by atoms with E-state index in [-0.39, 0.29) is 47.2 Å². The summed E-state index contributed by atoms with van der Waals surface area (Å²) in [6.45, 7) is 7.57. The number of carbonyl (C=O) groups excluding carboxylic acids is 3. The van der Waals surface area contributed by atoms with Crippen LogP contribution in [0.2, 0.25) is 0 Å². The minimum absolute atomic E-state index is 0.0755. The van der Waals surface area contributed by atoms with E-state index in [0.717, 1.165) is 5.56 Å². The molecule has 3 heterocycles. The standard InChI is InChI=1S/C25H27FN4O4/c1-4-34-25(33)23(31)19-11-27-20-9-10-21(28-22(19)20)24(32)30-13-15(2)29(12-16(30)3)14-17-5-7-18(26)8-6-17/h5-11,15-16,27H,4,12-14H2,1-3H3/t15-,16+/m0/s1. The maximum Gasteiger partial charge on any atom is 0.379 e. The number of hydrogen-bond donors (Lipinski definition) is 1. The molecule has 1 aliphatic heterocycles. The van der Waals surface area contributed by atoms with Crippen molar-refractivity contribution in [3.05, 3.63) is 65.2 Å². The lowest BCUT2D eigenvalue weighted by molar-refractivity contribution is -0.137. The molecular weight excluding hydrogens is 439 g/mol. The van der Waals surface area contributed by atoms with Crippen LogP contribution in [-0.4, -0.2) is 69.2 Å². The Bertz CT molecular complexity index is 1220. The molecule has 0 radical (unpaired) electrons. The molecule has 1 aromatic carbocycles. The number of Topliss-reactive ketones (excluding diaryl/α,β-unsaturated/α-hetero) is 1. The van der Waals surface area contributed by atoms with Crippen LogP contribution in [-0.2, 0) is 16.1 Å². The summed E-state index contributed by atoms with van der Waals surface area (Å²) < 4.78 is 18.0. The molecule has 9 heteroatoms. The highest BCUT2D eigenvalue weighted by molar-refractivity contribution is 6.42. The molecule has 0 saturated carbocycles. The first-order valence-electron chi connectivity index (χ1n) is 11.3. The predicted octanol–water partition coefficient (Wildman–Crippen LogP) is 3.18. The lowest BCUT2D eigenvalue weighted by Crippen LogP contribution is -2.57. The van der Waals surface area contributed by atoms with Crippen LogP contribution in [0.25, 0.3) is 11.0 Å². The van der Waals surface area contributed by atoms with E-state index in [1.54, 1.807) is 36.1 Å². The second-order valence-corrected chi connectivity index (χ2v) is 8.56. The van der Waals surface area contributed by atoms with Crippen molar-refractivity contribution >= 4 is 28.7 Å². The molecule has 0 bridgehead atoms. The van der Waals surface area contributed by atoms with Crippen LogP contribution in [0.1, 0.15) is 47.2 Å². The number of amides is 1. The summed E-state index contributed by atoms with van der Waals surface area (Å²) >= 11 is 0. The van der Waals surface area contributed by atoms with E-state index >= 15 is 0 Å². The van der Waals surface area contributed by atoms with Crippen molar-refractivity contribution in [3.63, 3.8) is 0 Å². The largest absolute Gasteiger partial charge is 0.460 e. The third kappa shape index (κ3) is 4.70. The van der Waals surface area contributed by atoms with Crippen molar-refractivity contribution in [1.82, 2.24) is 19.8 Å². The highest BCUT2D eigenvalue weighted by Gasteiger charge is 2.33. The number of H-pyrrole nitrogens is 1. The van der Waals surface area contributed by atoms with E-state index in [0.29, 0.717) is 25.2 Å². The van der Waals surface area contributed by atoms with E-state index in [9.17, 15) is 18.8 Å². The molecule has 0 spiro atoms. The predicted molar refractivity (Wildman–Crippen MR) is 124 cm³/mol. The summed E-state index contributed by atoms with van der Waals surface area (Å²) in [6, 6.07) is 9.75. The van der Waals surface area contributed by atoms with Gasteiger partial charge in [0.15, 0.2) is 0 Å². The Balaban J connectivity index is 1.51. The van der Waals surface area contributed by atoms with Crippen molar-refractivity contribution in [3.8, 4) is 0 Å². The Hall–Kier alpha value is -3.59. The molecule has 1 aliphatic rings. The molecule has 2 atom stereocenters. The number of hydrogen-bond acceptors (Lipinski definition) is 6. The first kappa shape index (κ1) is 23.6. The average Bonchev–Trinajstić information content (AvgIpc) is 3.25. The molecule has 1 N–H and O–H groups in total. The minimum Gasteiger partial charge on any atom is -0.460 e. The number of aromatic amines is 1. The number of aromatic nitrogens is 2. The SMILES string of the molecule is CCOC(=O)C(=O)c1c[nH]c2ccc(C(=O)N3C[C@H](C)N(Cc4ccc(F)cc4)C[C@H]3C)nc12. The number of nitrogens with one attached hydrogen (secondary N) is 1. The maximum absolute atomic E-state index is 13.4. The third-order valence-electron chi connectivity index (χ3n) is 6.12. The number of piperazine rings is 1. The summed E-state index contributed by atoms with van der Waals surface area (Å²) in [6.07, 6.45) is 1.41. The topological polar surface area (TPSA) is 95.6 Å². The number of pyridine rings is 1. The van der Waals surface area contributed by atoms with Gasteiger partial charge >= 0.3 is 5.97 Å². The zero-order valence-corrected chi connectivity index (χ0v) is 19.4. The number of esters is 1. The van der Waals surface area contributed by atoms with Gasteiger partial charge in [-0.3, -0.25) is 14.5 Å². The third-order valence-corrected chi connectivity index (χ3v) is 6.12. The van der Waals surface area contributed by atoms with Crippen molar-refractivity contribution in [2.24, 2.45) is 0 Å². The molecule has 178 valence electrons. The van der Waals surface area contributed by atoms with Crippen LogP contribution in [0.5, 0.6) is 0 Å². The number of ketones is 1. The van der Waals surface area contributed by atoms with Gasteiger partial charge in [-0.05, 0) is 50.6 Å². The summed E-state index contributed by atoms with van der Waals surface area (Å²) in [5.74, 6) is -2.26. The zero-order valence-electron chi connectivity index (χ0n) is 19.4. The van der Waals surface area contributed by atoms with E-state index < -0.39 is 11.8 Å². The number of benzene rings is 1. The van der Waals surface area contributed by atoms with Crippen molar-refractivity contribution in [2.75, 3.05) is 19.7 Å². The normalized spacial score (nSPS) is 18.8. The fourth-order valence-corrected chi connectivity index (χ4v) is 4.27. The number of rotatable bonds is 6. The Kier molecular flexibility index (Phi) is 6.74. The Morgan fingerprint density at radius 1 is 1.09 bits per heavy atom. The van der Waals surface area contributed by atoms with E-state index in [1.807, 2.05) is 6.92 Å². The smallest absolute Gasteiger partial charge is 0.379 e. The lowest BCUT2D eigenvalue weighted by atomic mass is 10.1. The molecule has 0 unspecified atom stereocenters. The van der Waals surface area contributed by atoms with Gasteiger partial charge in [-0.2, -0.15) is 0 Å². The van der Waals surface area contributed by atoms with Gasteiger partial charge in [0.2, 0.25) is 0 Å². The first-order valence-corrected chi connectivity index (χ1v) is 11.3. The van der Waals surface area contributed by atoms with Crippen molar-refractivity contribution in [1.29, 1.82) is 0 Å². The van der Waals surface area contributed by atoms with Gasteiger partial charge in [0, 0.05) is 37.9 Å². The molecule has 1 saturated heterocycles. The summed E-state index contributed by atoms with van der Waals surface area (Å²) in [5.41, 5.74) is 2.11. The van der Waals surface area contributed by atoms with Crippen molar-refractivity contribution in [2.45, 2.75) is 39.4 Å². The van der Waals surface area contributed by atoms with Crippen LogP contribution < -0.4 is 0 Å². The number of nitrogens with zero attached hydrogens (tertiary/aromatic N) is 3. The number of halogens is 1. The second kappa shape index (κ2) is 9.72. The maximum atomic E-state index is 13.4. The molecule has 34 heavy (non-hydrogen) atoms. The summed E-state index contributed by atoms with van der Waals surface area (Å²) in [5, 5.41) is 0. The summed E-state index contributed by atoms with van der Waals surface area (Å²) in [7, 11) is 0. The highest BCUT2D eigenvalue weighted by Crippen LogP contribution is 2.22. The highest BCUT2D eigenvalue weighted by atomic mass is 19.1. The molecule has 2 aromatic heterocycles. The molecule has 0 aliphatic carbocycles. The van der Waals surface area contributed by atoms with Crippen LogP contribution in [0.4, 0.5) is 4.39 Å². The Morgan fingerprint density at radius 3 is 2.53 bits per heavy atom. The van der Waals surface area contributed by atoms with Gasteiger partial charge in [-0.25, -0.2) is 14.2 Å². The van der Waals surface area contributed by atoms with E-state index in [4.69, 9.17) is 4.74 Å². The van der Waals surface area contributed by atoms with Gasteiger partial charge in [0.25, 0.3) is 11.7 Å². The van der Waals surface area contributed by atoms with Gasteiger partial charge in [0.05, 0.1) is 17.7 Å². The van der Waals surface area contributed by atoms with Gasteiger partial charge in [-0.1, -0.05) is 12.1 Å². The van der Waals surface area contributed by atoms with Gasteiger partial charge in [-0.15, -0.1) is 0 Å². The van der Waals surface area contributed by atoms with Crippen LogP contribution in [0, 0.1) is 5.82 Å². The lowest BCUT2D eigenvalue weighted by Gasteiger charge is -2.44. The molecule has 8 nitrogen and oxygen atoms in total. The molecule has 3 aromatic rings. The van der Waals surface area contributed by atoms with Crippen LogP contribution in [0.3, 0.4) is 0 Å². The average molecular weight is 467 g/mol. The quantitative estimate of drug-likeness (QED) is 0.341. The number of ether oxygens (including phenoxy) is 1. The Morgan fingerprint density at radius 2 is 1.82 bits per heavy atom. The number of fused-ring (bicyclic) bond motifs is 1. The monoisotopic (exact) mass is 466 g/mol. The molecule has 4 rings (SSSR count). The van der Waals surface area contributed by atoms with E-state index in [1.165, 1.54) is 18.3 Å². The van der Waals surface area contributed by atoms with Crippen molar-refractivity contribution < 1.29 is 23.5 Å². The molecule has 1 fully saturated rings. The number of carbonyl (C=O) groups is 3. The fraction of sp³-hybridized carbons (Fsp3) is 0.360. The van der Waals surface area contributed by atoms with Gasteiger partial charge in [0.1, 0.15) is 17.0 Å². The molecular formula is C25H27FN4O4. The zero-order chi connectivity index (χ0) is 24.4. The van der Waals surface area contributed by atoms with Crippen LogP contribution in [0.15, 0.2) is 42.6 Å².